The minimum absolute atomic E-state index is 0. The van der Waals surface area contributed by atoms with Gasteiger partial charge in [-0.15, -0.1) is 24.0 Å². The Hall–Kier alpha value is -0.830. The molecular formula is C19H38IN5O. The fourth-order valence-electron chi connectivity index (χ4n) is 2.70. The van der Waals surface area contributed by atoms with Crippen molar-refractivity contribution in [1.29, 1.82) is 0 Å². The fourth-order valence-corrected chi connectivity index (χ4v) is 2.70. The van der Waals surface area contributed by atoms with E-state index in [1.54, 1.807) is 0 Å². The summed E-state index contributed by atoms with van der Waals surface area (Å²) in [6, 6.07) is 0.289. The maximum Gasteiger partial charge on any atom is 0.191 e. The second-order valence-corrected chi connectivity index (χ2v) is 7.11. The first-order chi connectivity index (χ1) is 11.8. The average Bonchev–Trinajstić information content (AvgIpc) is 2.77. The maximum absolute atomic E-state index is 5.61. The Morgan fingerprint density at radius 1 is 1.27 bits per heavy atom. The van der Waals surface area contributed by atoms with Crippen LogP contribution in [0.25, 0.3) is 0 Å². The number of aryl methyl sites for hydroxylation is 2. The van der Waals surface area contributed by atoms with Crippen LogP contribution in [0.1, 0.15) is 51.1 Å². The van der Waals surface area contributed by atoms with Gasteiger partial charge in [-0.3, -0.25) is 9.67 Å². The molecule has 1 heterocycles. The van der Waals surface area contributed by atoms with E-state index in [1.165, 1.54) is 11.3 Å². The van der Waals surface area contributed by atoms with E-state index in [1.807, 2.05) is 11.7 Å². The smallest absolute Gasteiger partial charge is 0.191 e. The molecule has 6 nitrogen and oxygen atoms in total. The third-order valence-corrected chi connectivity index (χ3v) is 4.06. The quantitative estimate of drug-likeness (QED) is 0.234. The molecule has 2 N–H and O–H groups in total. The maximum atomic E-state index is 5.61. The molecule has 26 heavy (non-hydrogen) atoms. The molecule has 0 aliphatic rings. The van der Waals surface area contributed by atoms with E-state index in [0.717, 1.165) is 50.8 Å². The van der Waals surface area contributed by atoms with Gasteiger partial charge in [-0.2, -0.15) is 5.10 Å². The molecule has 0 saturated heterocycles. The van der Waals surface area contributed by atoms with Gasteiger partial charge in [0.25, 0.3) is 0 Å². The van der Waals surface area contributed by atoms with Crippen molar-refractivity contribution < 1.29 is 4.74 Å². The lowest BCUT2D eigenvalue weighted by Gasteiger charge is -2.18. The normalized spacial score (nSPS) is 12.8. The number of ether oxygens (including phenoxy) is 1. The monoisotopic (exact) mass is 479 g/mol. The Morgan fingerprint density at radius 2 is 1.96 bits per heavy atom. The first kappa shape index (κ1) is 25.2. The Balaban J connectivity index is 0.00000625. The fraction of sp³-hybridized carbons (Fsp3) is 0.789. The Kier molecular flexibility index (Phi) is 12.9. The van der Waals surface area contributed by atoms with Gasteiger partial charge in [0.15, 0.2) is 5.96 Å². The summed E-state index contributed by atoms with van der Waals surface area (Å²) in [5.41, 5.74) is 3.66. The molecule has 0 aromatic carbocycles. The molecule has 0 fully saturated rings. The number of hydrogen-bond donors (Lipinski definition) is 2. The predicted molar refractivity (Wildman–Crippen MR) is 121 cm³/mol. The number of halogens is 1. The van der Waals surface area contributed by atoms with Crippen molar-refractivity contribution in [3.63, 3.8) is 0 Å². The number of rotatable bonds is 10. The molecule has 0 amide bonds. The number of nitrogens with one attached hydrogen (secondary N) is 2. The number of aliphatic imine (C=N–C) groups is 1. The molecule has 0 bridgehead atoms. The van der Waals surface area contributed by atoms with Crippen LogP contribution >= 0.6 is 24.0 Å². The molecule has 0 radical (unpaired) electrons. The van der Waals surface area contributed by atoms with Crippen molar-refractivity contribution in [2.75, 3.05) is 26.3 Å². The van der Waals surface area contributed by atoms with Gasteiger partial charge in [0.1, 0.15) is 0 Å². The van der Waals surface area contributed by atoms with Crippen molar-refractivity contribution in [2.45, 2.75) is 60.4 Å². The number of hydrogen-bond acceptors (Lipinski definition) is 3. The highest BCUT2D eigenvalue weighted by Gasteiger charge is 2.13. The molecular weight excluding hydrogens is 441 g/mol. The standard InChI is InChI=1S/C19H37N5O.HI/c1-8-20-19(21-10-9-11-25-13-14(2)3)22-15(4)12-18-16(5)23-24(7)17(18)6;/h14-15H,8-13H2,1-7H3,(H2,20,21,22);1H. The molecule has 0 saturated carbocycles. The van der Waals surface area contributed by atoms with Gasteiger partial charge in [0, 0.05) is 45.1 Å². The van der Waals surface area contributed by atoms with Crippen LogP contribution in [0.15, 0.2) is 4.99 Å². The minimum atomic E-state index is 0. The predicted octanol–water partition coefficient (Wildman–Crippen LogP) is 3.20. The van der Waals surface area contributed by atoms with Gasteiger partial charge in [-0.25, -0.2) is 0 Å². The van der Waals surface area contributed by atoms with E-state index in [0.29, 0.717) is 5.92 Å². The highest BCUT2D eigenvalue weighted by atomic mass is 127. The Morgan fingerprint density at radius 3 is 2.50 bits per heavy atom. The van der Waals surface area contributed by atoms with Crippen LogP contribution in [-0.2, 0) is 18.2 Å². The number of guanidine groups is 1. The van der Waals surface area contributed by atoms with E-state index in [9.17, 15) is 0 Å². The number of aromatic nitrogens is 2. The van der Waals surface area contributed by atoms with Gasteiger partial charge < -0.3 is 15.4 Å². The molecule has 0 aliphatic heterocycles. The van der Waals surface area contributed by atoms with Crippen molar-refractivity contribution in [1.82, 2.24) is 20.4 Å². The van der Waals surface area contributed by atoms with Crippen LogP contribution in [0.2, 0.25) is 0 Å². The molecule has 152 valence electrons. The summed E-state index contributed by atoms with van der Waals surface area (Å²) in [6.45, 7) is 16.0. The summed E-state index contributed by atoms with van der Waals surface area (Å²) in [5, 5.41) is 11.3. The molecule has 0 aliphatic carbocycles. The second kappa shape index (κ2) is 13.4. The van der Waals surface area contributed by atoms with Gasteiger partial charge in [0.05, 0.1) is 5.69 Å². The van der Waals surface area contributed by atoms with Crippen LogP contribution in [0.4, 0.5) is 0 Å². The summed E-state index contributed by atoms with van der Waals surface area (Å²) in [5.74, 6) is 1.46. The molecule has 7 heteroatoms. The second-order valence-electron chi connectivity index (χ2n) is 7.11. The average molecular weight is 479 g/mol. The third-order valence-electron chi connectivity index (χ3n) is 4.06. The summed E-state index contributed by atoms with van der Waals surface area (Å²) in [7, 11) is 2.00. The first-order valence-corrected chi connectivity index (χ1v) is 9.46. The van der Waals surface area contributed by atoms with Gasteiger partial charge in [-0.1, -0.05) is 13.8 Å². The zero-order valence-electron chi connectivity index (χ0n) is 17.6. The van der Waals surface area contributed by atoms with E-state index >= 15 is 0 Å². The van der Waals surface area contributed by atoms with E-state index < -0.39 is 0 Å². The highest BCUT2D eigenvalue weighted by molar-refractivity contribution is 14.0. The number of nitrogens with zero attached hydrogens (tertiary/aromatic N) is 3. The summed E-state index contributed by atoms with van der Waals surface area (Å²) < 4.78 is 7.56. The first-order valence-electron chi connectivity index (χ1n) is 9.46. The SMILES string of the molecule is CCNC(=NCCCOCC(C)C)NC(C)Cc1c(C)nn(C)c1C.I. The zero-order valence-corrected chi connectivity index (χ0v) is 19.9. The van der Waals surface area contributed by atoms with Crippen molar-refractivity contribution in [3.05, 3.63) is 17.0 Å². The lowest BCUT2D eigenvalue weighted by Crippen LogP contribution is -2.43. The van der Waals surface area contributed by atoms with E-state index in [-0.39, 0.29) is 30.0 Å². The van der Waals surface area contributed by atoms with Crippen LogP contribution in [0.3, 0.4) is 0 Å². The Bertz CT molecular complexity index is 542. The van der Waals surface area contributed by atoms with Gasteiger partial charge in [0.2, 0.25) is 0 Å². The van der Waals surface area contributed by atoms with E-state index in [2.05, 4.69) is 62.3 Å². The van der Waals surface area contributed by atoms with Crippen LogP contribution in [0, 0.1) is 19.8 Å². The highest BCUT2D eigenvalue weighted by Crippen LogP contribution is 2.14. The molecule has 0 spiro atoms. The molecule has 1 atom stereocenters. The van der Waals surface area contributed by atoms with Crippen LogP contribution in [0.5, 0.6) is 0 Å². The van der Waals surface area contributed by atoms with Crippen molar-refractivity contribution in [2.24, 2.45) is 18.0 Å². The Labute approximate surface area is 176 Å². The topological polar surface area (TPSA) is 63.5 Å². The van der Waals surface area contributed by atoms with E-state index in [4.69, 9.17) is 4.74 Å². The zero-order chi connectivity index (χ0) is 18.8. The van der Waals surface area contributed by atoms with Gasteiger partial charge in [-0.05, 0) is 52.0 Å². The van der Waals surface area contributed by atoms with Crippen LogP contribution < -0.4 is 10.6 Å². The molecule has 1 aromatic heterocycles. The largest absolute Gasteiger partial charge is 0.381 e. The summed E-state index contributed by atoms with van der Waals surface area (Å²) in [6.07, 6.45) is 1.88. The summed E-state index contributed by atoms with van der Waals surface area (Å²) in [4.78, 5) is 4.66. The van der Waals surface area contributed by atoms with Gasteiger partial charge >= 0.3 is 0 Å². The van der Waals surface area contributed by atoms with Crippen molar-refractivity contribution in [3.8, 4) is 0 Å². The lowest BCUT2D eigenvalue weighted by molar-refractivity contribution is 0.109. The summed E-state index contributed by atoms with van der Waals surface area (Å²) >= 11 is 0. The van der Waals surface area contributed by atoms with Crippen LogP contribution in [-0.4, -0.2) is 48.1 Å². The molecule has 1 rings (SSSR count). The molecule has 1 unspecified atom stereocenters. The van der Waals surface area contributed by atoms with Crippen molar-refractivity contribution >= 4 is 29.9 Å². The third kappa shape index (κ3) is 9.21. The minimum Gasteiger partial charge on any atom is -0.381 e. The lowest BCUT2D eigenvalue weighted by atomic mass is 10.1. The molecule has 1 aromatic rings.